The predicted molar refractivity (Wildman–Crippen MR) is 84.3 cm³/mol. The summed E-state index contributed by atoms with van der Waals surface area (Å²) < 4.78 is 6.02. The fourth-order valence-corrected chi connectivity index (χ4v) is 3.49. The van der Waals surface area contributed by atoms with Crippen LogP contribution in [-0.4, -0.2) is 19.1 Å². The highest BCUT2D eigenvalue weighted by atomic mass is 16.6. The largest absolute Gasteiger partial charge is 0.441 e. The maximum absolute atomic E-state index is 12.5. The molecule has 0 saturated heterocycles. The van der Waals surface area contributed by atoms with Crippen LogP contribution in [0.1, 0.15) is 17.5 Å². The first-order valence-electron chi connectivity index (χ1n) is 7.60. The van der Waals surface area contributed by atoms with E-state index in [9.17, 15) is 4.79 Å². The number of hydrogen-bond donors (Lipinski definition) is 1. The van der Waals surface area contributed by atoms with E-state index in [0.717, 1.165) is 35.2 Å². The van der Waals surface area contributed by atoms with E-state index in [2.05, 4.69) is 5.32 Å². The molecule has 3 heteroatoms. The van der Waals surface area contributed by atoms with Crippen LogP contribution in [0.4, 0.5) is 0 Å². The summed E-state index contributed by atoms with van der Waals surface area (Å²) in [4.78, 5) is 12.5. The van der Waals surface area contributed by atoms with Gasteiger partial charge in [0.25, 0.3) is 0 Å². The van der Waals surface area contributed by atoms with Crippen LogP contribution in [0.15, 0.2) is 71.8 Å². The van der Waals surface area contributed by atoms with E-state index in [0.29, 0.717) is 6.54 Å². The Bertz CT molecular complexity index is 695. The van der Waals surface area contributed by atoms with Gasteiger partial charge in [-0.3, -0.25) is 0 Å². The van der Waals surface area contributed by atoms with Crippen LogP contribution >= 0.6 is 0 Å². The molecule has 2 aromatic rings. The van der Waals surface area contributed by atoms with Gasteiger partial charge in [0.1, 0.15) is 0 Å². The Morgan fingerprint density at radius 2 is 1.50 bits per heavy atom. The summed E-state index contributed by atoms with van der Waals surface area (Å²) >= 11 is 0. The molecule has 0 aliphatic carbocycles. The van der Waals surface area contributed by atoms with Crippen molar-refractivity contribution in [3.8, 4) is 0 Å². The Morgan fingerprint density at radius 3 is 2.09 bits per heavy atom. The quantitative estimate of drug-likeness (QED) is 0.865. The minimum absolute atomic E-state index is 0.177. The second kappa shape index (κ2) is 5.11. The van der Waals surface area contributed by atoms with Crippen molar-refractivity contribution in [3.63, 3.8) is 0 Å². The highest BCUT2D eigenvalue weighted by Crippen LogP contribution is 2.47. The van der Waals surface area contributed by atoms with Crippen molar-refractivity contribution in [2.24, 2.45) is 0 Å². The zero-order chi connectivity index (χ0) is 15.0. The zero-order valence-corrected chi connectivity index (χ0v) is 12.2. The number of ether oxygens (including phenoxy) is 1. The van der Waals surface area contributed by atoms with Crippen molar-refractivity contribution in [1.82, 2.24) is 5.32 Å². The van der Waals surface area contributed by atoms with Gasteiger partial charge in [0.2, 0.25) is 0 Å². The number of rotatable bonds is 2. The predicted octanol–water partition coefficient (Wildman–Crippen LogP) is 2.78. The fraction of sp³-hybridized carbons (Fsp3) is 0.211. The molecule has 0 bridgehead atoms. The Balaban J connectivity index is 1.99. The van der Waals surface area contributed by atoms with E-state index in [-0.39, 0.29) is 5.97 Å². The van der Waals surface area contributed by atoms with Crippen LogP contribution in [0.5, 0.6) is 0 Å². The molecular formula is C19H17NO2. The van der Waals surface area contributed by atoms with Crippen LogP contribution in [0.3, 0.4) is 0 Å². The smallest absolute Gasteiger partial charge is 0.335 e. The molecule has 0 spiro atoms. The molecule has 4 rings (SSSR count). The van der Waals surface area contributed by atoms with Gasteiger partial charge in [-0.2, -0.15) is 0 Å². The van der Waals surface area contributed by atoms with Crippen LogP contribution in [0.2, 0.25) is 0 Å². The first-order chi connectivity index (χ1) is 10.8. The lowest BCUT2D eigenvalue weighted by molar-refractivity contribution is -0.145. The number of nitrogens with one attached hydrogen (secondary N) is 1. The van der Waals surface area contributed by atoms with Crippen LogP contribution in [0, 0.1) is 0 Å². The molecule has 2 aliphatic heterocycles. The van der Waals surface area contributed by atoms with Crippen molar-refractivity contribution < 1.29 is 9.53 Å². The third-order valence-electron chi connectivity index (χ3n) is 4.50. The second-order valence-electron chi connectivity index (χ2n) is 5.69. The van der Waals surface area contributed by atoms with Gasteiger partial charge in [0.05, 0.1) is 0 Å². The number of carbonyl (C=O) groups is 1. The summed E-state index contributed by atoms with van der Waals surface area (Å²) in [6, 6.07) is 20.0. The highest BCUT2D eigenvalue weighted by Gasteiger charge is 2.50. The summed E-state index contributed by atoms with van der Waals surface area (Å²) in [5.41, 5.74) is 3.11. The summed E-state index contributed by atoms with van der Waals surface area (Å²) in [7, 11) is 0. The standard InChI is InChI=1S/C19H17NO2/c21-18-16-11-12-20-13-17(16)19(22-18,14-7-3-1-4-8-14)15-9-5-2-6-10-15/h1-10,20H,11-13H2. The van der Waals surface area contributed by atoms with Gasteiger partial charge in [-0.1, -0.05) is 60.7 Å². The summed E-state index contributed by atoms with van der Waals surface area (Å²) in [6.45, 7) is 1.51. The van der Waals surface area contributed by atoms with Gasteiger partial charge in [0, 0.05) is 28.8 Å². The molecular weight excluding hydrogens is 274 g/mol. The molecule has 22 heavy (non-hydrogen) atoms. The molecule has 2 aliphatic rings. The maximum Gasteiger partial charge on any atom is 0.335 e. The van der Waals surface area contributed by atoms with Crippen molar-refractivity contribution in [1.29, 1.82) is 0 Å². The van der Waals surface area contributed by atoms with Crippen LogP contribution < -0.4 is 5.32 Å². The molecule has 1 N–H and O–H groups in total. The molecule has 0 amide bonds. The van der Waals surface area contributed by atoms with Crippen molar-refractivity contribution >= 4 is 5.97 Å². The van der Waals surface area contributed by atoms with Crippen LogP contribution in [-0.2, 0) is 15.1 Å². The van der Waals surface area contributed by atoms with Crippen molar-refractivity contribution in [3.05, 3.63) is 82.9 Å². The lowest BCUT2D eigenvalue weighted by atomic mass is 9.78. The summed E-state index contributed by atoms with van der Waals surface area (Å²) in [6.07, 6.45) is 0.732. The first kappa shape index (κ1) is 13.3. The monoisotopic (exact) mass is 291 g/mol. The molecule has 0 fully saturated rings. The molecule has 0 saturated carbocycles. The molecule has 0 unspecified atom stereocenters. The van der Waals surface area contributed by atoms with Gasteiger partial charge in [-0.05, 0) is 13.0 Å². The van der Waals surface area contributed by atoms with Crippen molar-refractivity contribution in [2.45, 2.75) is 12.0 Å². The molecule has 110 valence electrons. The van der Waals surface area contributed by atoms with Gasteiger partial charge in [0.15, 0.2) is 5.60 Å². The minimum Gasteiger partial charge on any atom is -0.441 e. The Hall–Kier alpha value is -2.39. The number of carbonyl (C=O) groups excluding carboxylic acids is 1. The SMILES string of the molecule is O=C1OC(c2ccccc2)(c2ccccc2)C2=C1CCNC2. The van der Waals surface area contributed by atoms with Gasteiger partial charge < -0.3 is 10.1 Å². The molecule has 0 aromatic heterocycles. The lowest BCUT2D eigenvalue weighted by Crippen LogP contribution is -2.36. The average molecular weight is 291 g/mol. The third kappa shape index (κ3) is 1.82. The van der Waals surface area contributed by atoms with E-state index < -0.39 is 5.60 Å². The Labute approximate surface area is 129 Å². The van der Waals surface area contributed by atoms with E-state index in [1.807, 2.05) is 60.7 Å². The minimum atomic E-state index is -0.789. The van der Waals surface area contributed by atoms with E-state index in [4.69, 9.17) is 4.74 Å². The Morgan fingerprint density at radius 1 is 0.909 bits per heavy atom. The first-order valence-corrected chi connectivity index (χ1v) is 7.60. The fourth-order valence-electron chi connectivity index (χ4n) is 3.49. The van der Waals surface area contributed by atoms with Crippen molar-refractivity contribution in [2.75, 3.05) is 13.1 Å². The zero-order valence-electron chi connectivity index (χ0n) is 12.2. The molecule has 3 nitrogen and oxygen atoms in total. The molecule has 0 atom stereocenters. The van der Waals surface area contributed by atoms with Gasteiger partial charge >= 0.3 is 5.97 Å². The Kier molecular flexibility index (Phi) is 3.09. The second-order valence-corrected chi connectivity index (χ2v) is 5.69. The van der Waals surface area contributed by atoms with Crippen LogP contribution in [0.25, 0.3) is 0 Å². The maximum atomic E-state index is 12.5. The third-order valence-corrected chi connectivity index (χ3v) is 4.50. The lowest BCUT2D eigenvalue weighted by Gasteiger charge is -2.33. The molecule has 2 aromatic carbocycles. The molecule has 0 radical (unpaired) electrons. The topological polar surface area (TPSA) is 38.3 Å². The molecule has 2 heterocycles. The summed E-state index contributed by atoms with van der Waals surface area (Å²) in [5.74, 6) is -0.177. The number of cyclic esters (lactones) is 1. The number of esters is 1. The number of hydrogen-bond acceptors (Lipinski definition) is 3. The highest BCUT2D eigenvalue weighted by molar-refractivity contribution is 5.94. The van der Waals surface area contributed by atoms with Gasteiger partial charge in [-0.15, -0.1) is 0 Å². The van der Waals surface area contributed by atoms with E-state index in [1.54, 1.807) is 0 Å². The van der Waals surface area contributed by atoms with Gasteiger partial charge in [-0.25, -0.2) is 4.79 Å². The normalized spacial score (nSPS) is 19.7. The average Bonchev–Trinajstić information content (AvgIpc) is 2.91. The number of benzene rings is 2. The summed E-state index contributed by atoms with van der Waals surface area (Å²) in [5, 5.41) is 3.38. The van der Waals surface area contributed by atoms with E-state index >= 15 is 0 Å². The van der Waals surface area contributed by atoms with E-state index in [1.165, 1.54) is 0 Å².